The summed E-state index contributed by atoms with van der Waals surface area (Å²) in [5.74, 6) is -0.457. The van der Waals surface area contributed by atoms with Gasteiger partial charge >= 0.3 is 0 Å². The minimum Gasteiger partial charge on any atom is -0.352 e. The molecule has 6 heteroatoms. The summed E-state index contributed by atoms with van der Waals surface area (Å²) in [5, 5.41) is 5.48. The van der Waals surface area contributed by atoms with Crippen molar-refractivity contribution in [3.8, 4) is 0 Å². The Morgan fingerprint density at radius 1 is 1.20 bits per heavy atom. The van der Waals surface area contributed by atoms with E-state index in [-0.39, 0.29) is 23.8 Å². The first-order chi connectivity index (χ1) is 9.36. The molecule has 2 atom stereocenters. The second-order valence-electron chi connectivity index (χ2n) is 5.50. The van der Waals surface area contributed by atoms with Crippen molar-refractivity contribution < 1.29 is 14.4 Å². The van der Waals surface area contributed by atoms with Gasteiger partial charge in [-0.2, -0.15) is 0 Å². The van der Waals surface area contributed by atoms with Gasteiger partial charge in [-0.05, 0) is 33.6 Å². The highest BCUT2D eigenvalue weighted by Crippen LogP contribution is 2.18. The van der Waals surface area contributed by atoms with Crippen LogP contribution >= 0.6 is 0 Å². The van der Waals surface area contributed by atoms with Gasteiger partial charge in [-0.15, -0.1) is 0 Å². The molecule has 0 aromatic heterocycles. The van der Waals surface area contributed by atoms with Crippen LogP contribution < -0.4 is 10.6 Å². The molecule has 2 N–H and O–H groups in total. The summed E-state index contributed by atoms with van der Waals surface area (Å²) < 4.78 is 0. The Labute approximate surface area is 120 Å². The SMILES string of the molecule is CCC(=O)N[C@@H](C)C(=O)N1CCC[C@H]1C(=O)NC(C)C. The van der Waals surface area contributed by atoms with E-state index in [1.807, 2.05) is 13.8 Å². The van der Waals surface area contributed by atoms with Crippen molar-refractivity contribution in [2.45, 2.75) is 65.1 Å². The Balaban J connectivity index is 2.66. The molecule has 1 saturated heterocycles. The first-order valence-corrected chi connectivity index (χ1v) is 7.27. The van der Waals surface area contributed by atoms with Gasteiger partial charge in [-0.3, -0.25) is 14.4 Å². The van der Waals surface area contributed by atoms with Crippen LogP contribution in [0.15, 0.2) is 0 Å². The third-order valence-electron chi connectivity index (χ3n) is 3.34. The standard InChI is InChI=1S/C14H25N3O3/c1-5-12(18)16-10(4)14(20)17-8-6-7-11(17)13(19)15-9(2)3/h9-11H,5-8H2,1-4H3,(H,15,19)(H,16,18)/t10-,11-/m0/s1. The highest BCUT2D eigenvalue weighted by Gasteiger charge is 2.36. The second-order valence-corrected chi connectivity index (χ2v) is 5.50. The second kappa shape index (κ2) is 7.26. The maximum absolute atomic E-state index is 12.3. The van der Waals surface area contributed by atoms with Crippen LogP contribution in [0.25, 0.3) is 0 Å². The fourth-order valence-corrected chi connectivity index (χ4v) is 2.34. The lowest BCUT2D eigenvalue weighted by Crippen LogP contribution is -2.53. The number of carbonyl (C=O) groups excluding carboxylic acids is 3. The van der Waals surface area contributed by atoms with Gasteiger partial charge < -0.3 is 15.5 Å². The van der Waals surface area contributed by atoms with E-state index >= 15 is 0 Å². The van der Waals surface area contributed by atoms with Crippen LogP contribution in [0.1, 0.15) is 47.0 Å². The minimum atomic E-state index is -0.588. The van der Waals surface area contributed by atoms with Gasteiger partial charge in [0.15, 0.2) is 0 Å². The Hall–Kier alpha value is -1.59. The number of hydrogen-bond acceptors (Lipinski definition) is 3. The van der Waals surface area contributed by atoms with Gasteiger partial charge in [-0.1, -0.05) is 6.92 Å². The molecule has 1 rings (SSSR count). The lowest BCUT2D eigenvalue weighted by atomic mass is 10.1. The van der Waals surface area contributed by atoms with Crippen LogP contribution in [-0.4, -0.2) is 47.3 Å². The predicted molar refractivity (Wildman–Crippen MR) is 75.9 cm³/mol. The fourth-order valence-electron chi connectivity index (χ4n) is 2.34. The third kappa shape index (κ3) is 4.21. The zero-order valence-electron chi connectivity index (χ0n) is 12.7. The Morgan fingerprint density at radius 3 is 2.40 bits per heavy atom. The van der Waals surface area contributed by atoms with E-state index in [4.69, 9.17) is 0 Å². The number of hydrogen-bond donors (Lipinski definition) is 2. The molecular formula is C14H25N3O3. The normalized spacial score (nSPS) is 19.9. The molecule has 0 radical (unpaired) electrons. The highest BCUT2D eigenvalue weighted by molar-refractivity contribution is 5.92. The number of carbonyl (C=O) groups is 3. The summed E-state index contributed by atoms with van der Waals surface area (Å²) in [7, 11) is 0. The van der Waals surface area contributed by atoms with E-state index in [1.165, 1.54) is 0 Å². The first kappa shape index (κ1) is 16.5. The molecule has 0 bridgehead atoms. The van der Waals surface area contributed by atoms with E-state index in [9.17, 15) is 14.4 Å². The van der Waals surface area contributed by atoms with Gasteiger partial charge in [0.2, 0.25) is 17.7 Å². The third-order valence-corrected chi connectivity index (χ3v) is 3.34. The monoisotopic (exact) mass is 283 g/mol. The average molecular weight is 283 g/mol. The molecule has 0 aromatic rings. The summed E-state index contributed by atoms with van der Waals surface area (Å²) in [6.45, 7) is 7.75. The van der Waals surface area contributed by atoms with Crippen LogP contribution in [0.2, 0.25) is 0 Å². The zero-order chi connectivity index (χ0) is 15.3. The molecule has 1 aliphatic rings. The molecule has 1 fully saturated rings. The minimum absolute atomic E-state index is 0.0530. The van der Waals surface area contributed by atoms with Crippen LogP contribution in [-0.2, 0) is 14.4 Å². The van der Waals surface area contributed by atoms with E-state index in [0.717, 1.165) is 6.42 Å². The maximum Gasteiger partial charge on any atom is 0.245 e. The number of amides is 3. The van der Waals surface area contributed by atoms with Crippen LogP contribution in [0.3, 0.4) is 0 Å². The molecule has 20 heavy (non-hydrogen) atoms. The van der Waals surface area contributed by atoms with E-state index < -0.39 is 12.1 Å². The summed E-state index contributed by atoms with van der Waals surface area (Å²) in [4.78, 5) is 37.3. The van der Waals surface area contributed by atoms with Crippen molar-refractivity contribution in [1.82, 2.24) is 15.5 Å². The van der Waals surface area contributed by atoms with Crippen molar-refractivity contribution in [3.05, 3.63) is 0 Å². The van der Waals surface area contributed by atoms with Gasteiger partial charge in [0.05, 0.1) is 0 Å². The lowest BCUT2D eigenvalue weighted by Gasteiger charge is -2.27. The van der Waals surface area contributed by atoms with Gasteiger partial charge in [0, 0.05) is 19.0 Å². The van der Waals surface area contributed by atoms with Crippen LogP contribution in [0.5, 0.6) is 0 Å². The molecule has 0 saturated carbocycles. The smallest absolute Gasteiger partial charge is 0.245 e. The first-order valence-electron chi connectivity index (χ1n) is 7.27. The summed E-state index contributed by atoms with van der Waals surface area (Å²) in [6.07, 6.45) is 1.84. The molecule has 0 unspecified atom stereocenters. The summed E-state index contributed by atoms with van der Waals surface area (Å²) >= 11 is 0. The molecule has 1 heterocycles. The Morgan fingerprint density at radius 2 is 1.85 bits per heavy atom. The number of likely N-dealkylation sites (tertiary alicyclic amines) is 1. The molecule has 0 aromatic carbocycles. The number of nitrogens with zero attached hydrogens (tertiary/aromatic N) is 1. The Kier molecular flexibility index (Phi) is 5.98. The van der Waals surface area contributed by atoms with Crippen molar-refractivity contribution >= 4 is 17.7 Å². The number of nitrogens with one attached hydrogen (secondary N) is 2. The van der Waals surface area contributed by atoms with Crippen molar-refractivity contribution in [1.29, 1.82) is 0 Å². The fraction of sp³-hybridized carbons (Fsp3) is 0.786. The molecule has 1 aliphatic heterocycles. The molecule has 0 aliphatic carbocycles. The van der Waals surface area contributed by atoms with Gasteiger partial charge in [0.1, 0.15) is 12.1 Å². The van der Waals surface area contributed by atoms with Gasteiger partial charge in [-0.25, -0.2) is 0 Å². The average Bonchev–Trinajstić information content (AvgIpc) is 2.85. The quantitative estimate of drug-likeness (QED) is 0.767. The van der Waals surface area contributed by atoms with Gasteiger partial charge in [0.25, 0.3) is 0 Å². The predicted octanol–water partition coefficient (Wildman–Crippen LogP) is 0.417. The molecule has 6 nitrogen and oxygen atoms in total. The topological polar surface area (TPSA) is 78.5 Å². The molecule has 114 valence electrons. The van der Waals surface area contributed by atoms with Crippen LogP contribution in [0.4, 0.5) is 0 Å². The summed E-state index contributed by atoms with van der Waals surface area (Å²) in [6, 6.07) is -0.946. The van der Waals surface area contributed by atoms with E-state index in [0.29, 0.717) is 19.4 Å². The van der Waals surface area contributed by atoms with Crippen molar-refractivity contribution in [3.63, 3.8) is 0 Å². The summed E-state index contributed by atoms with van der Waals surface area (Å²) in [5.41, 5.74) is 0. The lowest BCUT2D eigenvalue weighted by molar-refractivity contribution is -0.141. The van der Waals surface area contributed by atoms with E-state index in [1.54, 1.807) is 18.7 Å². The molecular weight excluding hydrogens is 258 g/mol. The zero-order valence-corrected chi connectivity index (χ0v) is 12.7. The highest BCUT2D eigenvalue weighted by atomic mass is 16.2. The number of rotatable bonds is 5. The Bertz CT molecular complexity index is 382. The largest absolute Gasteiger partial charge is 0.352 e. The van der Waals surface area contributed by atoms with E-state index in [2.05, 4.69) is 10.6 Å². The van der Waals surface area contributed by atoms with Crippen LogP contribution in [0, 0.1) is 0 Å². The maximum atomic E-state index is 12.3. The molecule has 0 spiro atoms. The molecule has 3 amide bonds. The van der Waals surface area contributed by atoms with Crippen molar-refractivity contribution in [2.75, 3.05) is 6.54 Å². The van der Waals surface area contributed by atoms with Crippen molar-refractivity contribution in [2.24, 2.45) is 0 Å².